The number of carbonyl (C=O) groups is 1. The van der Waals surface area contributed by atoms with Gasteiger partial charge in [-0.1, -0.05) is 48.9 Å². The molecule has 1 aromatic carbocycles. The van der Waals surface area contributed by atoms with Gasteiger partial charge >= 0.3 is 0 Å². The normalized spacial score (nSPS) is 20.9. The maximum atomic E-state index is 12.5. The van der Waals surface area contributed by atoms with E-state index in [4.69, 9.17) is 21.8 Å². The summed E-state index contributed by atoms with van der Waals surface area (Å²) in [7, 11) is 0. The largest absolute Gasteiger partial charge is 0.461 e. The number of likely N-dealkylation sites (tertiary alicyclic amines) is 1. The van der Waals surface area contributed by atoms with Gasteiger partial charge in [0.15, 0.2) is 22.5 Å². The first-order valence-electron chi connectivity index (χ1n) is 14.9. The monoisotopic (exact) mass is 577 g/mol. The molecule has 0 bridgehead atoms. The highest BCUT2D eigenvalue weighted by Crippen LogP contribution is 2.31. The van der Waals surface area contributed by atoms with Crippen LogP contribution in [-0.2, 0) is 6.54 Å². The number of nitrogens with one attached hydrogen (secondary N) is 1. The molecule has 3 N–H and O–H groups in total. The first-order chi connectivity index (χ1) is 19.9. The fourth-order valence-corrected chi connectivity index (χ4v) is 6.49. The minimum Gasteiger partial charge on any atom is -0.461 e. The molecule has 4 heterocycles. The van der Waals surface area contributed by atoms with Crippen molar-refractivity contribution in [2.45, 2.75) is 70.6 Å². The molecule has 0 unspecified atom stereocenters. The second-order valence-electron chi connectivity index (χ2n) is 11.6. The Bertz CT molecular complexity index is 1370. The summed E-state index contributed by atoms with van der Waals surface area (Å²) < 4.78 is 6.10. The summed E-state index contributed by atoms with van der Waals surface area (Å²) in [5.41, 5.74) is 8.68. The molecular formula is C31H40ClN7O2. The molecule has 10 heteroatoms. The molecule has 3 fully saturated rings. The first kappa shape index (κ1) is 28.0. The van der Waals surface area contributed by atoms with E-state index in [1.54, 1.807) is 0 Å². The van der Waals surface area contributed by atoms with Crippen molar-refractivity contribution in [3.8, 4) is 11.3 Å². The van der Waals surface area contributed by atoms with E-state index in [0.717, 1.165) is 88.5 Å². The number of amides is 1. The van der Waals surface area contributed by atoms with Crippen molar-refractivity contribution in [3.05, 3.63) is 58.6 Å². The Hall–Kier alpha value is -3.14. The quantitative estimate of drug-likeness (QED) is 0.396. The van der Waals surface area contributed by atoms with E-state index in [0.29, 0.717) is 17.9 Å². The average molecular weight is 578 g/mol. The number of aryl methyl sites for hydroxylation is 1. The lowest BCUT2D eigenvalue weighted by atomic mass is 9.98. The molecule has 1 aliphatic carbocycles. The van der Waals surface area contributed by atoms with Crippen LogP contribution in [0.1, 0.15) is 60.8 Å². The highest BCUT2D eigenvalue weighted by Gasteiger charge is 2.35. The van der Waals surface area contributed by atoms with Crippen molar-refractivity contribution >= 4 is 29.1 Å². The van der Waals surface area contributed by atoms with Crippen LogP contribution in [0.5, 0.6) is 0 Å². The molecule has 2 aromatic heterocycles. The molecule has 0 spiro atoms. The molecular weight excluding hydrogens is 538 g/mol. The fraction of sp³-hybridized carbons (Fsp3) is 0.516. The maximum Gasteiger partial charge on any atom is 0.274 e. The predicted octanol–water partition coefficient (Wildman–Crippen LogP) is 4.74. The van der Waals surface area contributed by atoms with Gasteiger partial charge in [0.1, 0.15) is 11.5 Å². The Balaban J connectivity index is 1.05. The van der Waals surface area contributed by atoms with Gasteiger partial charge in [0.25, 0.3) is 5.91 Å². The summed E-state index contributed by atoms with van der Waals surface area (Å²) in [4.78, 5) is 28.8. The van der Waals surface area contributed by atoms with Gasteiger partial charge < -0.3 is 20.4 Å². The predicted molar refractivity (Wildman–Crippen MR) is 162 cm³/mol. The second kappa shape index (κ2) is 12.0. The van der Waals surface area contributed by atoms with E-state index >= 15 is 0 Å². The zero-order valence-electron chi connectivity index (χ0n) is 24.0. The number of hydrogen-bond acceptors (Lipinski definition) is 8. The number of nitrogen functional groups attached to an aromatic ring is 1. The molecule has 3 aliphatic rings. The number of halogens is 1. The van der Waals surface area contributed by atoms with Crippen molar-refractivity contribution in [1.29, 1.82) is 0 Å². The van der Waals surface area contributed by atoms with E-state index in [1.807, 2.05) is 18.2 Å². The molecule has 2 saturated heterocycles. The highest BCUT2D eigenvalue weighted by molar-refractivity contribution is 6.32. The number of nitrogens with two attached hydrogens (primary N) is 1. The van der Waals surface area contributed by atoms with Crippen LogP contribution in [0.4, 0.5) is 11.6 Å². The minimum atomic E-state index is -0.298. The fourth-order valence-electron chi connectivity index (χ4n) is 6.25. The van der Waals surface area contributed by atoms with Crippen LogP contribution in [-0.4, -0.2) is 76.5 Å². The topological polar surface area (TPSA) is 104 Å². The molecule has 1 amide bonds. The number of hydrogen-bond donors (Lipinski definition) is 2. The van der Waals surface area contributed by atoms with Crippen LogP contribution in [0.15, 0.2) is 40.8 Å². The van der Waals surface area contributed by atoms with Gasteiger partial charge in [0.05, 0.1) is 0 Å². The van der Waals surface area contributed by atoms with E-state index in [9.17, 15) is 4.79 Å². The van der Waals surface area contributed by atoms with Crippen molar-refractivity contribution in [3.63, 3.8) is 0 Å². The van der Waals surface area contributed by atoms with Gasteiger partial charge in [-0.15, -0.1) is 0 Å². The number of aromatic nitrogens is 2. The zero-order chi connectivity index (χ0) is 28.5. The van der Waals surface area contributed by atoms with Crippen molar-refractivity contribution in [2.24, 2.45) is 0 Å². The minimum absolute atomic E-state index is 0.116. The van der Waals surface area contributed by atoms with Gasteiger partial charge in [-0.25, -0.2) is 9.97 Å². The third kappa shape index (κ3) is 6.22. The lowest BCUT2D eigenvalue weighted by Crippen LogP contribution is -2.58. The van der Waals surface area contributed by atoms with E-state index in [2.05, 4.69) is 62.0 Å². The van der Waals surface area contributed by atoms with Crippen molar-refractivity contribution in [1.82, 2.24) is 25.1 Å². The Morgan fingerprint density at radius 2 is 1.85 bits per heavy atom. The number of piperazine rings is 1. The standard InChI is InChI=1S/C31H40ClN7O2/c1-3-24-19-38(30-28(32)35-27(29(33)36-30)31(40)34-23-9-10-23)15-16-39(24)25-11-13-37(14-12-25)18-22-17-26(41-20(22)2)21-7-5-4-6-8-21/h4-8,17,23-25H,3,9-16,18-19H2,1-2H3,(H2,33,36)(H,34,40)/t24-/m0/s1. The number of rotatable bonds is 8. The van der Waals surface area contributed by atoms with Gasteiger partial charge in [0.2, 0.25) is 0 Å². The lowest BCUT2D eigenvalue weighted by molar-refractivity contribution is 0.0609. The van der Waals surface area contributed by atoms with Crippen LogP contribution < -0.4 is 16.0 Å². The van der Waals surface area contributed by atoms with Crippen LogP contribution in [0, 0.1) is 6.92 Å². The molecule has 1 atom stereocenters. The third-order valence-corrected chi connectivity index (χ3v) is 9.04. The summed E-state index contributed by atoms with van der Waals surface area (Å²) in [6, 6.07) is 13.7. The average Bonchev–Trinajstić information content (AvgIpc) is 3.74. The Morgan fingerprint density at radius 3 is 2.56 bits per heavy atom. The summed E-state index contributed by atoms with van der Waals surface area (Å²) in [5.74, 6) is 2.36. The van der Waals surface area contributed by atoms with E-state index < -0.39 is 0 Å². The molecule has 41 heavy (non-hydrogen) atoms. The smallest absolute Gasteiger partial charge is 0.274 e. The summed E-state index contributed by atoms with van der Waals surface area (Å²) in [5, 5.41) is 3.15. The molecule has 1 saturated carbocycles. The van der Waals surface area contributed by atoms with Gasteiger partial charge in [-0.2, -0.15) is 0 Å². The van der Waals surface area contributed by atoms with E-state index in [-0.39, 0.29) is 28.6 Å². The van der Waals surface area contributed by atoms with Gasteiger partial charge in [0, 0.05) is 55.4 Å². The van der Waals surface area contributed by atoms with Gasteiger partial charge in [-0.05, 0) is 58.2 Å². The van der Waals surface area contributed by atoms with Crippen molar-refractivity contribution in [2.75, 3.05) is 43.4 Å². The number of piperidine rings is 1. The molecule has 3 aromatic rings. The highest BCUT2D eigenvalue weighted by atomic mass is 35.5. The second-order valence-corrected chi connectivity index (χ2v) is 12.0. The van der Waals surface area contributed by atoms with Crippen LogP contribution in [0.2, 0.25) is 5.15 Å². The number of nitrogens with zero attached hydrogens (tertiary/aromatic N) is 5. The van der Waals surface area contributed by atoms with Crippen LogP contribution >= 0.6 is 11.6 Å². The van der Waals surface area contributed by atoms with Crippen molar-refractivity contribution < 1.29 is 9.21 Å². The molecule has 6 rings (SSSR count). The molecule has 2 aliphatic heterocycles. The summed E-state index contributed by atoms with van der Waals surface area (Å²) >= 11 is 6.56. The summed E-state index contributed by atoms with van der Waals surface area (Å²) in [6.07, 6.45) is 5.32. The molecule has 0 radical (unpaired) electrons. The third-order valence-electron chi connectivity index (χ3n) is 8.79. The molecule has 218 valence electrons. The Kier molecular flexibility index (Phi) is 8.19. The molecule has 9 nitrogen and oxygen atoms in total. The van der Waals surface area contributed by atoms with E-state index in [1.165, 1.54) is 5.56 Å². The van der Waals surface area contributed by atoms with Crippen LogP contribution in [0.25, 0.3) is 11.3 Å². The maximum absolute atomic E-state index is 12.5. The Morgan fingerprint density at radius 1 is 1.10 bits per heavy atom. The Labute approximate surface area is 247 Å². The number of furan rings is 1. The SMILES string of the molecule is CC[C@H]1CN(c2nc(N)c(C(=O)NC3CC3)nc2Cl)CCN1C1CCN(Cc2cc(-c3ccccc3)oc2C)CC1. The number of benzene rings is 1. The summed E-state index contributed by atoms with van der Waals surface area (Å²) in [6.45, 7) is 9.94. The lowest BCUT2D eigenvalue weighted by Gasteiger charge is -2.47. The van der Waals surface area contributed by atoms with Crippen LogP contribution in [0.3, 0.4) is 0 Å². The zero-order valence-corrected chi connectivity index (χ0v) is 24.7. The first-order valence-corrected chi connectivity index (χ1v) is 15.3. The van der Waals surface area contributed by atoms with Gasteiger partial charge in [-0.3, -0.25) is 14.6 Å². The number of carbonyl (C=O) groups excluding carboxylic acids is 1. The number of anilines is 2.